The van der Waals surface area contributed by atoms with E-state index in [0.717, 1.165) is 37.7 Å². The maximum absolute atomic E-state index is 12.9. The highest BCUT2D eigenvalue weighted by molar-refractivity contribution is 5.93. The smallest absolute Gasteiger partial charge is 0.272 e. The van der Waals surface area contributed by atoms with Gasteiger partial charge in [-0.1, -0.05) is 31.2 Å². The van der Waals surface area contributed by atoms with E-state index in [1.54, 1.807) is 6.20 Å². The Bertz CT molecular complexity index is 765. The highest BCUT2D eigenvalue weighted by Gasteiger charge is 2.23. The standard InChI is InChI=1S/C21H25N3O/c1-16-7-11-23(12-8-16)19-6-10-22-20(14-19)21(25)24-13-9-17-4-2-3-5-18(17)15-24/h2-6,10,14,16H,7-9,11-13,15H2,1H3. The van der Waals surface area contributed by atoms with Gasteiger partial charge in [-0.2, -0.15) is 0 Å². The number of rotatable bonds is 2. The van der Waals surface area contributed by atoms with Crippen molar-refractivity contribution in [3.63, 3.8) is 0 Å². The average molecular weight is 335 g/mol. The van der Waals surface area contributed by atoms with E-state index >= 15 is 0 Å². The maximum Gasteiger partial charge on any atom is 0.272 e. The van der Waals surface area contributed by atoms with Crippen LogP contribution in [0.4, 0.5) is 5.69 Å². The van der Waals surface area contributed by atoms with Crippen molar-refractivity contribution in [1.82, 2.24) is 9.88 Å². The molecule has 25 heavy (non-hydrogen) atoms. The average Bonchev–Trinajstić information content (AvgIpc) is 2.68. The molecule has 1 aromatic carbocycles. The molecule has 2 aliphatic rings. The Morgan fingerprint density at radius 3 is 2.64 bits per heavy atom. The van der Waals surface area contributed by atoms with Gasteiger partial charge >= 0.3 is 0 Å². The summed E-state index contributed by atoms with van der Waals surface area (Å²) in [5, 5.41) is 0. The number of anilines is 1. The van der Waals surface area contributed by atoms with Crippen LogP contribution in [-0.2, 0) is 13.0 Å². The van der Waals surface area contributed by atoms with Crippen molar-refractivity contribution in [3.05, 3.63) is 59.4 Å². The lowest BCUT2D eigenvalue weighted by Gasteiger charge is -2.32. The highest BCUT2D eigenvalue weighted by atomic mass is 16.2. The first kappa shape index (κ1) is 16.1. The third-order valence-electron chi connectivity index (χ3n) is 5.53. The molecule has 0 saturated carbocycles. The first-order valence-electron chi connectivity index (χ1n) is 9.28. The lowest BCUT2D eigenvalue weighted by Crippen LogP contribution is -2.37. The summed E-state index contributed by atoms with van der Waals surface area (Å²) in [6, 6.07) is 12.4. The molecule has 1 amide bonds. The molecular formula is C21H25N3O. The van der Waals surface area contributed by atoms with Crippen molar-refractivity contribution in [3.8, 4) is 0 Å². The molecule has 0 radical (unpaired) electrons. The maximum atomic E-state index is 12.9. The van der Waals surface area contributed by atoms with Crippen molar-refractivity contribution in [2.24, 2.45) is 5.92 Å². The summed E-state index contributed by atoms with van der Waals surface area (Å²) >= 11 is 0. The van der Waals surface area contributed by atoms with Crippen LogP contribution in [0.15, 0.2) is 42.6 Å². The van der Waals surface area contributed by atoms with Gasteiger partial charge in [0, 0.05) is 38.1 Å². The molecule has 1 aromatic heterocycles. The van der Waals surface area contributed by atoms with Gasteiger partial charge in [0.05, 0.1) is 0 Å². The van der Waals surface area contributed by atoms with Gasteiger partial charge in [-0.15, -0.1) is 0 Å². The minimum absolute atomic E-state index is 0.0433. The van der Waals surface area contributed by atoms with Gasteiger partial charge in [-0.3, -0.25) is 9.78 Å². The van der Waals surface area contributed by atoms with Crippen LogP contribution in [0.3, 0.4) is 0 Å². The number of hydrogen-bond acceptors (Lipinski definition) is 3. The number of carbonyl (C=O) groups excluding carboxylic acids is 1. The molecule has 130 valence electrons. The van der Waals surface area contributed by atoms with Gasteiger partial charge < -0.3 is 9.80 Å². The molecule has 0 spiro atoms. The molecule has 1 fully saturated rings. The summed E-state index contributed by atoms with van der Waals surface area (Å²) in [6.07, 6.45) is 5.13. The van der Waals surface area contributed by atoms with E-state index in [9.17, 15) is 4.79 Å². The second kappa shape index (κ2) is 6.87. The molecule has 0 atom stereocenters. The number of amides is 1. The molecule has 4 nitrogen and oxygen atoms in total. The van der Waals surface area contributed by atoms with Gasteiger partial charge in [0.15, 0.2) is 0 Å². The van der Waals surface area contributed by atoms with Gasteiger partial charge in [-0.25, -0.2) is 0 Å². The van der Waals surface area contributed by atoms with Crippen LogP contribution in [0.1, 0.15) is 41.4 Å². The van der Waals surface area contributed by atoms with Gasteiger partial charge in [-0.05, 0) is 48.4 Å². The molecule has 0 N–H and O–H groups in total. The largest absolute Gasteiger partial charge is 0.371 e. The number of carbonyl (C=O) groups is 1. The van der Waals surface area contributed by atoms with E-state index in [1.165, 1.54) is 24.0 Å². The highest BCUT2D eigenvalue weighted by Crippen LogP contribution is 2.24. The molecule has 1 saturated heterocycles. The summed E-state index contributed by atoms with van der Waals surface area (Å²) in [4.78, 5) is 21.6. The number of fused-ring (bicyclic) bond motifs is 1. The zero-order valence-electron chi connectivity index (χ0n) is 14.8. The quantitative estimate of drug-likeness (QED) is 0.842. The van der Waals surface area contributed by atoms with Gasteiger partial charge in [0.2, 0.25) is 0 Å². The van der Waals surface area contributed by atoms with Crippen LogP contribution in [-0.4, -0.2) is 35.4 Å². The number of pyridine rings is 1. The Morgan fingerprint density at radius 1 is 1.08 bits per heavy atom. The van der Waals surface area contributed by atoms with Crippen molar-refractivity contribution in [1.29, 1.82) is 0 Å². The number of nitrogens with zero attached hydrogens (tertiary/aromatic N) is 3. The summed E-state index contributed by atoms with van der Waals surface area (Å²) in [5.74, 6) is 0.842. The molecule has 2 aromatic rings. The molecule has 3 heterocycles. The summed E-state index contributed by atoms with van der Waals surface area (Å²) in [7, 11) is 0. The van der Waals surface area contributed by atoms with Crippen molar-refractivity contribution in [2.75, 3.05) is 24.5 Å². The molecule has 0 aliphatic carbocycles. The minimum Gasteiger partial charge on any atom is -0.371 e. The zero-order valence-corrected chi connectivity index (χ0v) is 14.8. The van der Waals surface area contributed by atoms with Crippen LogP contribution in [0.25, 0.3) is 0 Å². The predicted octanol–water partition coefficient (Wildman–Crippen LogP) is 3.52. The third-order valence-corrected chi connectivity index (χ3v) is 5.53. The van der Waals surface area contributed by atoms with Crippen LogP contribution in [0, 0.1) is 5.92 Å². The zero-order chi connectivity index (χ0) is 17.2. The van der Waals surface area contributed by atoms with Gasteiger partial charge in [0.1, 0.15) is 5.69 Å². The SMILES string of the molecule is CC1CCN(c2ccnc(C(=O)N3CCc4ccccc4C3)c2)CC1. The molecule has 2 aliphatic heterocycles. The lowest BCUT2D eigenvalue weighted by atomic mass is 9.98. The second-order valence-corrected chi connectivity index (χ2v) is 7.31. The first-order chi connectivity index (χ1) is 12.2. The van der Waals surface area contributed by atoms with E-state index in [1.807, 2.05) is 23.1 Å². The van der Waals surface area contributed by atoms with E-state index < -0.39 is 0 Å². The van der Waals surface area contributed by atoms with E-state index in [4.69, 9.17) is 0 Å². The van der Waals surface area contributed by atoms with Crippen LogP contribution in [0.2, 0.25) is 0 Å². The third kappa shape index (κ3) is 3.39. The number of piperidine rings is 1. The molecular weight excluding hydrogens is 310 g/mol. The Kier molecular flexibility index (Phi) is 4.43. The second-order valence-electron chi connectivity index (χ2n) is 7.31. The van der Waals surface area contributed by atoms with Crippen LogP contribution >= 0.6 is 0 Å². The van der Waals surface area contributed by atoms with Gasteiger partial charge in [0.25, 0.3) is 5.91 Å². The molecule has 4 rings (SSSR count). The molecule has 4 heteroatoms. The Balaban J connectivity index is 1.50. The number of hydrogen-bond donors (Lipinski definition) is 0. The topological polar surface area (TPSA) is 36.4 Å². The number of benzene rings is 1. The fourth-order valence-electron chi connectivity index (χ4n) is 3.83. The predicted molar refractivity (Wildman–Crippen MR) is 99.7 cm³/mol. The normalized spacial score (nSPS) is 18.1. The Labute approximate surface area is 149 Å². The van der Waals surface area contributed by atoms with E-state index in [2.05, 4.69) is 35.0 Å². The van der Waals surface area contributed by atoms with Crippen LogP contribution < -0.4 is 4.90 Å². The summed E-state index contributed by atoms with van der Waals surface area (Å²) in [5.41, 5.74) is 4.30. The fourth-order valence-corrected chi connectivity index (χ4v) is 3.83. The van der Waals surface area contributed by atoms with Crippen molar-refractivity contribution in [2.45, 2.75) is 32.7 Å². The van der Waals surface area contributed by atoms with E-state index in [-0.39, 0.29) is 5.91 Å². The Hall–Kier alpha value is -2.36. The van der Waals surface area contributed by atoms with Crippen LogP contribution in [0.5, 0.6) is 0 Å². The first-order valence-corrected chi connectivity index (χ1v) is 9.28. The Morgan fingerprint density at radius 2 is 1.84 bits per heavy atom. The summed E-state index contributed by atoms with van der Waals surface area (Å²) in [6.45, 7) is 5.89. The lowest BCUT2D eigenvalue weighted by molar-refractivity contribution is 0.0729. The monoisotopic (exact) mass is 335 g/mol. The fraction of sp³-hybridized carbons (Fsp3) is 0.429. The van der Waals surface area contributed by atoms with E-state index in [0.29, 0.717) is 12.2 Å². The van der Waals surface area contributed by atoms with Crippen molar-refractivity contribution >= 4 is 11.6 Å². The molecule has 0 unspecified atom stereocenters. The van der Waals surface area contributed by atoms with Crippen molar-refractivity contribution < 1.29 is 4.79 Å². The minimum atomic E-state index is 0.0433. The summed E-state index contributed by atoms with van der Waals surface area (Å²) < 4.78 is 0. The number of aromatic nitrogens is 1. The molecule has 0 bridgehead atoms.